The fraction of sp³-hybridized carbons (Fsp3) is 0.714. The van der Waals surface area contributed by atoms with E-state index in [1.165, 1.54) is 6.21 Å². The predicted molar refractivity (Wildman–Crippen MR) is 47.7 cm³/mol. The molecule has 0 bridgehead atoms. The molecule has 1 atom stereocenters. The molecule has 11 heavy (non-hydrogen) atoms. The van der Waals surface area contributed by atoms with Gasteiger partial charge in [-0.1, -0.05) is 0 Å². The standard InChI is InChI=1S/C7H14N2OSi/c1-7(5-8)6-9-10-11(2,3)4/h6-7H,1-4H3/b9-6-/t7-/m1/s1. The highest BCUT2D eigenvalue weighted by molar-refractivity contribution is 6.69. The zero-order chi connectivity index (χ0) is 8.91. The van der Waals surface area contributed by atoms with E-state index >= 15 is 0 Å². The van der Waals surface area contributed by atoms with Crippen molar-refractivity contribution < 1.29 is 4.53 Å². The predicted octanol–water partition coefficient (Wildman–Crippen LogP) is 1.98. The average Bonchev–Trinajstić information content (AvgIpc) is 1.85. The van der Waals surface area contributed by atoms with Crippen LogP contribution in [0.4, 0.5) is 0 Å². The molecule has 0 rings (SSSR count). The van der Waals surface area contributed by atoms with E-state index in [1.54, 1.807) is 6.92 Å². The lowest BCUT2D eigenvalue weighted by atomic mass is 10.2. The first-order valence-corrected chi connectivity index (χ1v) is 6.98. The Labute approximate surface area is 68.8 Å². The van der Waals surface area contributed by atoms with Gasteiger partial charge in [0.05, 0.1) is 18.2 Å². The minimum atomic E-state index is -1.54. The molecule has 0 radical (unpaired) electrons. The highest BCUT2D eigenvalue weighted by atomic mass is 28.4. The Morgan fingerprint density at radius 2 is 2.09 bits per heavy atom. The molecule has 0 saturated carbocycles. The maximum atomic E-state index is 8.38. The first kappa shape index (κ1) is 10.2. The van der Waals surface area contributed by atoms with Crippen molar-refractivity contribution in [2.45, 2.75) is 26.6 Å². The van der Waals surface area contributed by atoms with E-state index < -0.39 is 8.32 Å². The van der Waals surface area contributed by atoms with Crippen LogP contribution in [0.25, 0.3) is 0 Å². The summed E-state index contributed by atoms with van der Waals surface area (Å²) in [5.74, 6) is -0.161. The van der Waals surface area contributed by atoms with Crippen molar-refractivity contribution in [2.75, 3.05) is 0 Å². The number of rotatable bonds is 3. The second-order valence-electron chi connectivity index (χ2n) is 3.38. The lowest BCUT2D eigenvalue weighted by Gasteiger charge is -2.11. The fourth-order valence-corrected chi connectivity index (χ4v) is 0.690. The van der Waals surface area contributed by atoms with Gasteiger partial charge in [0, 0.05) is 0 Å². The van der Waals surface area contributed by atoms with E-state index in [0.717, 1.165) is 0 Å². The van der Waals surface area contributed by atoms with E-state index in [1.807, 2.05) is 25.7 Å². The highest BCUT2D eigenvalue weighted by Gasteiger charge is 2.15. The minimum absolute atomic E-state index is 0.161. The fourth-order valence-electron chi connectivity index (χ4n) is 0.313. The zero-order valence-electron chi connectivity index (χ0n) is 7.46. The van der Waals surface area contributed by atoms with E-state index in [2.05, 4.69) is 5.16 Å². The van der Waals surface area contributed by atoms with Crippen molar-refractivity contribution in [1.29, 1.82) is 5.26 Å². The first-order valence-electron chi connectivity index (χ1n) is 3.57. The normalized spacial score (nSPS) is 14.5. The molecule has 0 fully saturated rings. The summed E-state index contributed by atoms with van der Waals surface area (Å²) >= 11 is 0. The third kappa shape index (κ3) is 7.07. The molecular formula is C7H14N2OSi. The molecule has 0 aromatic heterocycles. The molecule has 0 saturated heterocycles. The Balaban J connectivity index is 3.72. The van der Waals surface area contributed by atoms with Gasteiger partial charge in [0.2, 0.25) is 0 Å². The van der Waals surface area contributed by atoms with Crippen LogP contribution in [0.15, 0.2) is 5.16 Å². The second kappa shape index (κ2) is 4.14. The second-order valence-corrected chi connectivity index (χ2v) is 7.78. The van der Waals surface area contributed by atoms with Crippen molar-refractivity contribution in [1.82, 2.24) is 0 Å². The molecule has 0 aliphatic carbocycles. The molecule has 4 heteroatoms. The molecule has 62 valence electrons. The summed E-state index contributed by atoms with van der Waals surface area (Å²) < 4.78 is 5.16. The molecule has 0 unspecified atom stereocenters. The lowest BCUT2D eigenvalue weighted by Crippen LogP contribution is -2.22. The van der Waals surface area contributed by atoms with Crippen LogP contribution in [0.2, 0.25) is 19.6 Å². The van der Waals surface area contributed by atoms with Crippen LogP contribution in [-0.4, -0.2) is 14.5 Å². The number of nitrogens with zero attached hydrogens (tertiary/aromatic N) is 2. The lowest BCUT2D eigenvalue weighted by molar-refractivity contribution is 0.336. The van der Waals surface area contributed by atoms with Gasteiger partial charge in [-0.2, -0.15) is 5.26 Å². The smallest absolute Gasteiger partial charge is 0.278 e. The van der Waals surface area contributed by atoms with Gasteiger partial charge in [-0.05, 0) is 26.6 Å². The van der Waals surface area contributed by atoms with Gasteiger partial charge in [-0.15, -0.1) is 5.16 Å². The summed E-state index contributed by atoms with van der Waals surface area (Å²) in [6.45, 7) is 7.90. The Kier molecular flexibility index (Phi) is 3.83. The quantitative estimate of drug-likeness (QED) is 0.369. The van der Waals surface area contributed by atoms with E-state index in [0.29, 0.717) is 0 Å². The largest absolute Gasteiger partial charge is 0.456 e. The summed E-state index contributed by atoms with van der Waals surface area (Å²) in [5, 5.41) is 12.1. The Morgan fingerprint density at radius 1 is 1.55 bits per heavy atom. The molecule has 0 aromatic rings. The van der Waals surface area contributed by atoms with Gasteiger partial charge in [0.15, 0.2) is 0 Å². The van der Waals surface area contributed by atoms with Gasteiger partial charge in [-0.3, -0.25) is 0 Å². The Morgan fingerprint density at radius 3 is 2.45 bits per heavy atom. The molecule has 0 aromatic carbocycles. The summed E-state index contributed by atoms with van der Waals surface area (Å²) in [4.78, 5) is 0. The highest BCUT2D eigenvalue weighted by Crippen LogP contribution is 2.02. The van der Waals surface area contributed by atoms with Crippen LogP contribution < -0.4 is 0 Å². The van der Waals surface area contributed by atoms with E-state index in [4.69, 9.17) is 9.79 Å². The first-order chi connectivity index (χ1) is 4.95. The van der Waals surface area contributed by atoms with Gasteiger partial charge >= 0.3 is 0 Å². The monoisotopic (exact) mass is 170 g/mol. The molecule has 0 N–H and O–H groups in total. The third-order valence-corrected chi connectivity index (χ3v) is 1.47. The molecule has 3 nitrogen and oxygen atoms in total. The maximum absolute atomic E-state index is 8.38. The van der Waals surface area contributed by atoms with E-state index in [9.17, 15) is 0 Å². The van der Waals surface area contributed by atoms with Crippen LogP contribution in [-0.2, 0) is 4.53 Å². The summed E-state index contributed by atoms with van der Waals surface area (Å²) in [7, 11) is -1.54. The molecule has 0 spiro atoms. The van der Waals surface area contributed by atoms with E-state index in [-0.39, 0.29) is 5.92 Å². The molecular weight excluding hydrogens is 156 g/mol. The van der Waals surface area contributed by atoms with Crippen LogP contribution in [0.3, 0.4) is 0 Å². The van der Waals surface area contributed by atoms with Crippen molar-refractivity contribution in [3.8, 4) is 6.07 Å². The molecule has 0 aliphatic heterocycles. The maximum Gasteiger partial charge on any atom is 0.278 e. The van der Waals surface area contributed by atoms with Crippen LogP contribution in [0, 0.1) is 17.2 Å². The van der Waals surface area contributed by atoms with Gasteiger partial charge in [0.1, 0.15) is 0 Å². The van der Waals surface area contributed by atoms with Crippen LogP contribution in [0.5, 0.6) is 0 Å². The Bertz CT molecular complexity index is 178. The van der Waals surface area contributed by atoms with Gasteiger partial charge < -0.3 is 4.53 Å². The number of nitriles is 1. The average molecular weight is 170 g/mol. The summed E-state index contributed by atoms with van der Waals surface area (Å²) in [5.41, 5.74) is 0. The van der Waals surface area contributed by atoms with Crippen molar-refractivity contribution in [3.05, 3.63) is 0 Å². The number of hydrogen-bond acceptors (Lipinski definition) is 3. The Hall–Kier alpha value is -0.823. The zero-order valence-corrected chi connectivity index (χ0v) is 8.46. The SMILES string of the molecule is C[C@H](C#N)/C=N\O[Si](C)(C)C. The van der Waals surface area contributed by atoms with Crippen molar-refractivity contribution in [3.63, 3.8) is 0 Å². The van der Waals surface area contributed by atoms with Crippen molar-refractivity contribution in [2.24, 2.45) is 11.1 Å². The number of hydrogen-bond donors (Lipinski definition) is 0. The van der Waals surface area contributed by atoms with Gasteiger partial charge in [0.25, 0.3) is 8.32 Å². The van der Waals surface area contributed by atoms with Crippen LogP contribution in [0.1, 0.15) is 6.92 Å². The summed E-state index contributed by atoms with van der Waals surface area (Å²) in [6, 6.07) is 2.04. The van der Waals surface area contributed by atoms with Gasteiger partial charge in [-0.25, -0.2) is 0 Å². The third-order valence-electron chi connectivity index (χ3n) is 0.815. The molecule has 0 aliphatic rings. The molecule has 0 amide bonds. The summed E-state index contributed by atoms with van der Waals surface area (Å²) in [6.07, 6.45) is 1.53. The minimum Gasteiger partial charge on any atom is -0.456 e. The van der Waals surface area contributed by atoms with Crippen molar-refractivity contribution >= 4 is 14.5 Å². The topological polar surface area (TPSA) is 45.4 Å². The van der Waals surface area contributed by atoms with Crippen LogP contribution >= 0.6 is 0 Å². The number of oxime groups is 1. The molecule has 0 heterocycles.